The van der Waals surface area contributed by atoms with Gasteiger partial charge in [0.1, 0.15) is 12.4 Å². The lowest BCUT2D eigenvalue weighted by atomic mass is 10.1. The smallest absolute Gasteiger partial charge is 0.255 e. The van der Waals surface area contributed by atoms with E-state index in [0.29, 0.717) is 16.8 Å². The fourth-order valence-corrected chi connectivity index (χ4v) is 1.82. The quantitative estimate of drug-likeness (QED) is 0.740. The second-order valence-electron chi connectivity index (χ2n) is 4.49. The van der Waals surface area contributed by atoms with Crippen LogP contribution in [0.2, 0.25) is 0 Å². The van der Waals surface area contributed by atoms with Crippen LogP contribution in [-0.4, -0.2) is 22.7 Å². The van der Waals surface area contributed by atoms with Crippen LogP contribution in [0.1, 0.15) is 21.5 Å². The molecule has 0 aliphatic carbocycles. The van der Waals surface area contributed by atoms with Crippen molar-refractivity contribution in [3.63, 3.8) is 0 Å². The molecule has 0 saturated heterocycles. The SMILES string of the molecule is Cc1ccc(C#CCO)cc1NC(=O)c1cccc(O)c1. The van der Waals surface area contributed by atoms with Crippen LogP contribution in [0.4, 0.5) is 5.69 Å². The van der Waals surface area contributed by atoms with E-state index < -0.39 is 0 Å². The van der Waals surface area contributed by atoms with Crippen molar-refractivity contribution in [1.82, 2.24) is 0 Å². The first-order valence-electron chi connectivity index (χ1n) is 6.41. The lowest BCUT2D eigenvalue weighted by Crippen LogP contribution is -2.12. The van der Waals surface area contributed by atoms with Gasteiger partial charge in [0, 0.05) is 16.8 Å². The first-order valence-corrected chi connectivity index (χ1v) is 6.41. The summed E-state index contributed by atoms with van der Waals surface area (Å²) in [4.78, 5) is 12.1. The zero-order valence-corrected chi connectivity index (χ0v) is 11.6. The summed E-state index contributed by atoms with van der Waals surface area (Å²) in [5.74, 6) is 5.10. The predicted molar refractivity (Wildman–Crippen MR) is 81.2 cm³/mol. The van der Waals surface area contributed by atoms with Crippen LogP contribution in [0.15, 0.2) is 42.5 Å². The van der Waals surface area contributed by atoms with Crippen molar-refractivity contribution < 1.29 is 15.0 Å². The van der Waals surface area contributed by atoms with Gasteiger partial charge in [-0.1, -0.05) is 24.0 Å². The number of aromatic hydroxyl groups is 1. The topological polar surface area (TPSA) is 69.6 Å². The number of anilines is 1. The minimum absolute atomic E-state index is 0.0435. The van der Waals surface area contributed by atoms with Crippen LogP contribution >= 0.6 is 0 Å². The van der Waals surface area contributed by atoms with Gasteiger partial charge in [-0.3, -0.25) is 4.79 Å². The molecular formula is C17H15NO3. The van der Waals surface area contributed by atoms with Gasteiger partial charge < -0.3 is 15.5 Å². The van der Waals surface area contributed by atoms with Crippen LogP contribution in [-0.2, 0) is 0 Å². The molecule has 0 unspecified atom stereocenters. The maximum absolute atomic E-state index is 12.1. The molecule has 2 aromatic carbocycles. The predicted octanol–water partition coefficient (Wildman–Crippen LogP) is 2.30. The number of benzene rings is 2. The molecule has 0 radical (unpaired) electrons. The van der Waals surface area contributed by atoms with Crippen LogP contribution in [0.3, 0.4) is 0 Å². The Morgan fingerprint density at radius 2 is 2.05 bits per heavy atom. The Bertz CT molecular complexity index is 726. The van der Waals surface area contributed by atoms with Gasteiger partial charge >= 0.3 is 0 Å². The third-order valence-corrected chi connectivity index (χ3v) is 2.91. The van der Waals surface area contributed by atoms with Crippen LogP contribution in [0.25, 0.3) is 0 Å². The second kappa shape index (κ2) is 6.60. The molecule has 0 saturated carbocycles. The first kappa shape index (κ1) is 14.6. The molecule has 4 heteroatoms. The van der Waals surface area contributed by atoms with E-state index in [-0.39, 0.29) is 18.3 Å². The zero-order valence-electron chi connectivity index (χ0n) is 11.6. The molecule has 2 rings (SSSR count). The molecule has 0 aromatic heterocycles. The fourth-order valence-electron chi connectivity index (χ4n) is 1.82. The van der Waals surface area contributed by atoms with Gasteiger partial charge in [-0.05, 0) is 42.8 Å². The highest BCUT2D eigenvalue weighted by atomic mass is 16.3. The Balaban J connectivity index is 2.24. The number of carbonyl (C=O) groups excluding carboxylic acids is 1. The molecule has 0 aliphatic heterocycles. The molecule has 0 fully saturated rings. The highest BCUT2D eigenvalue weighted by Gasteiger charge is 2.08. The zero-order chi connectivity index (χ0) is 15.2. The van der Waals surface area contributed by atoms with Crippen LogP contribution in [0, 0.1) is 18.8 Å². The first-order chi connectivity index (χ1) is 10.1. The fraction of sp³-hybridized carbons (Fsp3) is 0.118. The lowest BCUT2D eigenvalue weighted by molar-refractivity contribution is 0.102. The summed E-state index contributed by atoms with van der Waals surface area (Å²) in [5.41, 5.74) is 2.63. The van der Waals surface area contributed by atoms with Crippen molar-refractivity contribution in [2.24, 2.45) is 0 Å². The number of rotatable bonds is 2. The van der Waals surface area contributed by atoms with Crippen molar-refractivity contribution in [1.29, 1.82) is 0 Å². The minimum Gasteiger partial charge on any atom is -0.508 e. The summed E-state index contributed by atoms with van der Waals surface area (Å²) < 4.78 is 0. The Morgan fingerprint density at radius 1 is 1.24 bits per heavy atom. The van der Waals surface area contributed by atoms with Gasteiger partial charge in [0.25, 0.3) is 5.91 Å². The third kappa shape index (κ3) is 3.85. The third-order valence-electron chi connectivity index (χ3n) is 2.91. The summed E-state index contributed by atoms with van der Waals surface area (Å²) in [6.45, 7) is 1.67. The highest BCUT2D eigenvalue weighted by Crippen LogP contribution is 2.18. The number of hydrogen-bond donors (Lipinski definition) is 3. The Kier molecular flexibility index (Phi) is 4.60. The van der Waals surface area contributed by atoms with Crippen LogP contribution < -0.4 is 5.32 Å². The van der Waals surface area contributed by atoms with E-state index in [1.165, 1.54) is 12.1 Å². The molecule has 106 valence electrons. The average Bonchev–Trinajstić information content (AvgIpc) is 2.48. The maximum atomic E-state index is 12.1. The van der Waals surface area contributed by atoms with E-state index in [4.69, 9.17) is 5.11 Å². The second-order valence-corrected chi connectivity index (χ2v) is 4.49. The Hall–Kier alpha value is -2.77. The number of aliphatic hydroxyl groups excluding tert-OH is 1. The average molecular weight is 281 g/mol. The summed E-state index contributed by atoms with van der Waals surface area (Å²) in [5, 5.41) is 20.9. The van der Waals surface area contributed by atoms with Crippen molar-refractivity contribution in [3.05, 3.63) is 59.2 Å². The van der Waals surface area contributed by atoms with Crippen molar-refractivity contribution in [3.8, 4) is 17.6 Å². The largest absolute Gasteiger partial charge is 0.508 e. The maximum Gasteiger partial charge on any atom is 0.255 e. The molecule has 1 amide bonds. The lowest BCUT2D eigenvalue weighted by Gasteiger charge is -2.09. The van der Waals surface area contributed by atoms with Gasteiger partial charge in [0.2, 0.25) is 0 Å². The van der Waals surface area contributed by atoms with Gasteiger partial charge in [-0.15, -0.1) is 0 Å². The number of aliphatic hydroxyl groups is 1. The molecule has 0 aliphatic rings. The monoisotopic (exact) mass is 281 g/mol. The van der Waals surface area contributed by atoms with E-state index in [2.05, 4.69) is 17.2 Å². The molecule has 21 heavy (non-hydrogen) atoms. The molecular weight excluding hydrogens is 266 g/mol. The molecule has 0 bridgehead atoms. The Morgan fingerprint density at radius 3 is 2.76 bits per heavy atom. The number of aryl methyl sites for hydroxylation is 1. The minimum atomic E-state index is -0.304. The highest BCUT2D eigenvalue weighted by molar-refractivity contribution is 6.04. The van der Waals surface area contributed by atoms with Gasteiger partial charge in [0.05, 0.1) is 0 Å². The normalized spacial score (nSPS) is 9.62. The van der Waals surface area contributed by atoms with Gasteiger partial charge in [-0.25, -0.2) is 0 Å². The Labute approximate surface area is 123 Å². The number of carbonyl (C=O) groups is 1. The molecule has 2 aromatic rings. The van der Waals surface area contributed by atoms with E-state index in [1.54, 1.807) is 18.2 Å². The van der Waals surface area contributed by atoms with E-state index in [9.17, 15) is 9.90 Å². The number of hydrogen-bond acceptors (Lipinski definition) is 3. The summed E-state index contributed by atoms with van der Waals surface area (Å²) in [6.07, 6.45) is 0. The molecule has 0 atom stereocenters. The van der Waals surface area contributed by atoms with Crippen molar-refractivity contribution in [2.45, 2.75) is 6.92 Å². The van der Waals surface area contributed by atoms with Gasteiger partial charge in [0.15, 0.2) is 0 Å². The number of phenolic OH excluding ortho intramolecular Hbond substituents is 1. The summed E-state index contributed by atoms with van der Waals surface area (Å²) in [6, 6.07) is 11.6. The molecule has 0 heterocycles. The number of nitrogens with one attached hydrogen (secondary N) is 1. The molecule has 3 N–H and O–H groups in total. The molecule has 0 spiro atoms. The number of phenols is 1. The van der Waals surface area contributed by atoms with E-state index in [0.717, 1.165) is 5.56 Å². The van der Waals surface area contributed by atoms with Crippen LogP contribution in [0.5, 0.6) is 5.75 Å². The number of amides is 1. The van der Waals surface area contributed by atoms with E-state index >= 15 is 0 Å². The van der Waals surface area contributed by atoms with Crippen molar-refractivity contribution >= 4 is 11.6 Å². The summed E-state index contributed by atoms with van der Waals surface area (Å²) in [7, 11) is 0. The van der Waals surface area contributed by atoms with Gasteiger partial charge in [-0.2, -0.15) is 0 Å². The standard InChI is InChI=1S/C17H15NO3/c1-12-7-8-13(4-3-9-19)10-16(12)18-17(21)14-5-2-6-15(20)11-14/h2,5-8,10-11,19-20H,9H2,1H3,(H,18,21). The molecule has 4 nitrogen and oxygen atoms in total. The van der Waals surface area contributed by atoms with Crippen molar-refractivity contribution in [2.75, 3.05) is 11.9 Å². The summed E-state index contributed by atoms with van der Waals surface area (Å²) >= 11 is 0. The van der Waals surface area contributed by atoms with E-state index in [1.807, 2.05) is 19.1 Å².